The molecule has 1 saturated heterocycles. The topological polar surface area (TPSA) is 34.2 Å². The van der Waals surface area contributed by atoms with Gasteiger partial charge in [0.1, 0.15) is 0 Å². The van der Waals surface area contributed by atoms with Gasteiger partial charge in [0.2, 0.25) is 0 Å². The summed E-state index contributed by atoms with van der Waals surface area (Å²) in [6.45, 7) is 3.01. The minimum absolute atomic E-state index is 0.537. The summed E-state index contributed by atoms with van der Waals surface area (Å²) in [4.78, 5) is 5.35. The van der Waals surface area contributed by atoms with Crippen LogP contribution < -0.4 is 5.32 Å². The number of rotatable bonds is 6. The predicted molar refractivity (Wildman–Crippen MR) is 62.0 cm³/mol. The molecule has 0 saturated carbocycles. The molecule has 1 atom stereocenters. The van der Waals surface area contributed by atoms with Crippen molar-refractivity contribution in [3.8, 4) is 0 Å². The van der Waals surface area contributed by atoms with Crippen LogP contribution in [0.2, 0.25) is 0 Å². The van der Waals surface area contributed by atoms with Crippen molar-refractivity contribution in [3.63, 3.8) is 0 Å². The SMILES string of the molecule is c1ncc(CNCCCC2CCCO2)s1. The van der Waals surface area contributed by atoms with Gasteiger partial charge < -0.3 is 10.1 Å². The third kappa shape index (κ3) is 3.89. The van der Waals surface area contributed by atoms with E-state index in [2.05, 4.69) is 10.3 Å². The molecule has 0 aromatic carbocycles. The maximum Gasteiger partial charge on any atom is 0.0794 e. The van der Waals surface area contributed by atoms with E-state index in [4.69, 9.17) is 4.74 Å². The van der Waals surface area contributed by atoms with E-state index in [9.17, 15) is 0 Å². The minimum Gasteiger partial charge on any atom is -0.378 e. The first-order valence-electron chi connectivity index (χ1n) is 5.65. The van der Waals surface area contributed by atoms with Crippen LogP contribution in [0.25, 0.3) is 0 Å². The van der Waals surface area contributed by atoms with E-state index in [0.717, 1.165) is 19.7 Å². The molecule has 84 valence electrons. The van der Waals surface area contributed by atoms with Gasteiger partial charge in [-0.05, 0) is 32.2 Å². The zero-order valence-corrected chi connectivity index (χ0v) is 9.76. The van der Waals surface area contributed by atoms with Crippen molar-refractivity contribution < 1.29 is 4.74 Å². The van der Waals surface area contributed by atoms with Crippen LogP contribution in [0, 0.1) is 0 Å². The first-order valence-corrected chi connectivity index (χ1v) is 6.53. The first kappa shape index (κ1) is 11.0. The van der Waals surface area contributed by atoms with Crippen molar-refractivity contribution in [1.82, 2.24) is 10.3 Å². The molecule has 1 aromatic rings. The number of hydrogen-bond acceptors (Lipinski definition) is 4. The van der Waals surface area contributed by atoms with Crippen LogP contribution in [0.4, 0.5) is 0 Å². The second kappa shape index (κ2) is 6.20. The molecule has 2 rings (SSSR count). The van der Waals surface area contributed by atoms with Crippen molar-refractivity contribution in [3.05, 3.63) is 16.6 Å². The van der Waals surface area contributed by atoms with Gasteiger partial charge in [0.15, 0.2) is 0 Å². The Labute approximate surface area is 94.9 Å². The van der Waals surface area contributed by atoms with Gasteiger partial charge in [0.25, 0.3) is 0 Å². The van der Waals surface area contributed by atoms with Crippen LogP contribution in [0.3, 0.4) is 0 Å². The lowest BCUT2D eigenvalue weighted by atomic mass is 10.1. The maximum atomic E-state index is 5.57. The lowest BCUT2D eigenvalue weighted by Gasteiger charge is -2.08. The Bertz CT molecular complexity index is 258. The van der Waals surface area contributed by atoms with Gasteiger partial charge in [-0.2, -0.15) is 0 Å². The van der Waals surface area contributed by atoms with E-state index < -0.39 is 0 Å². The molecular formula is C11H18N2OS. The fourth-order valence-electron chi connectivity index (χ4n) is 1.87. The number of nitrogens with one attached hydrogen (secondary N) is 1. The molecule has 1 unspecified atom stereocenters. The maximum absolute atomic E-state index is 5.57. The number of thiazole rings is 1. The molecule has 0 aliphatic carbocycles. The van der Waals surface area contributed by atoms with E-state index in [0.29, 0.717) is 6.10 Å². The Morgan fingerprint density at radius 1 is 1.60 bits per heavy atom. The van der Waals surface area contributed by atoms with Gasteiger partial charge >= 0.3 is 0 Å². The van der Waals surface area contributed by atoms with Crippen LogP contribution in [0.1, 0.15) is 30.6 Å². The second-order valence-corrected chi connectivity index (χ2v) is 4.89. The highest BCUT2D eigenvalue weighted by molar-refractivity contribution is 7.09. The number of nitrogens with zero attached hydrogens (tertiary/aromatic N) is 1. The van der Waals surface area contributed by atoms with Crippen LogP contribution in [-0.4, -0.2) is 24.2 Å². The van der Waals surface area contributed by atoms with Gasteiger partial charge in [-0.3, -0.25) is 4.98 Å². The monoisotopic (exact) mass is 226 g/mol. The summed E-state index contributed by atoms with van der Waals surface area (Å²) in [7, 11) is 0. The van der Waals surface area contributed by atoms with E-state index in [-0.39, 0.29) is 0 Å². The van der Waals surface area contributed by atoms with Crippen molar-refractivity contribution in [2.75, 3.05) is 13.2 Å². The number of ether oxygens (including phenoxy) is 1. The standard InChI is InChI=1S/C11H18N2OS/c1(3-10-4-2-6-14-10)5-12-7-11-8-13-9-15-11/h8-10,12H,1-7H2. The zero-order valence-electron chi connectivity index (χ0n) is 8.95. The minimum atomic E-state index is 0.537. The fourth-order valence-corrected chi connectivity index (χ4v) is 2.43. The summed E-state index contributed by atoms with van der Waals surface area (Å²) >= 11 is 1.71. The highest BCUT2D eigenvalue weighted by Gasteiger charge is 2.14. The highest BCUT2D eigenvalue weighted by Crippen LogP contribution is 2.16. The average Bonchev–Trinajstić information content (AvgIpc) is 2.88. The van der Waals surface area contributed by atoms with Crippen molar-refractivity contribution >= 4 is 11.3 Å². The first-order chi connectivity index (χ1) is 7.45. The number of hydrogen-bond donors (Lipinski definition) is 1. The molecule has 2 heterocycles. The van der Waals surface area contributed by atoms with Crippen molar-refractivity contribution in [2.24, 2.45) is 0 Å². The normalized spacial score (nSPS) is 20.9. The summed E-state index contributed by atoms with van der Waals surface area (Å²) < 4.78 is 5.57. The Morgan fingerprint density at radius 2 is 2.60 bits per heavy atom. The van der Waals surface area contributed by atoms with Gasteiger partial charge in [0.05, 0.1) is 11.6 Å². The predicted octanol–water partition coefficient (Wildman–Crippen LogP) is 2.19. The van der Waals surface area contributed by atoms with Gasteiger partial charge in [-0.25, -0.2) is 0 Å². The van der Waals surface area contributed by atoms with Crippen LogP contribution in [0.5, 0.6) is 0 Å². The van der Waals surface area contributed by atoms with E-state index in [1.165, 1.54) is 30.6 Å². The second-order valence-electron chi connectivity index (χ2n) is 3.92. The third-order valence-electron chi connectivity index (χ3n) is 2.69. The molecule has 15 heavy (non-hydrogen) atoms. The number of aromatic nitrogens is 1. The Kier molecular flexibility index (Phi) is 4.57. The molecule has 4 heteroatoms. The molecule has 3 nitrogen and oxygen atoms in total. The van der Waals surface area contributed by atoms with E-state index in [1.54, 1.807) is 11.3 Å². The lowest BCUT2D eigenvalue weighted by Crippen LogP contribution is -2.16. The van der Waals surface area contributed by atoms with Crippen molar-refractivity contribution in [2.45, 2.75) is 38.3 Å². The molecular weight excluding hydrogens is 208 g/mol. The van der Waals surface area contributed by atoms with E-state index in [1.807, 2.05) is 11.7 Å². The highest BCUT2D eigenvalue weighted by atomic mass is 32.1. The van der Waals surface area contributed by atoms with Crippen LogP contribution in [-0.2, 0) is 11.3 Å². The summed E-state index contributed by atoms with van der Waals surface area (Å²) in [5, 5.41) is 3.43. The molecule has 0 amide bonds. The van der Waals surface area contributed by atoms with Gasteiger partial charge in [0, 0.05) is 24.2 Å². The summed E-state index contributed by atoms with van der Waals surface area (Å²) in [5.41, 5.74) is 1.88. The molecule has 1 aliphatic rings. The average molecular weight is 226 g/mol. The van der Waals surface area contributed by atoms with Crippen molar-refractivity contribution in [1.29, 1.82) is 0 Å². The lowest BCUT2D eigenvalue weighted by molar-refractivity contribution is 0.102. The molecule has 1 fully saturated rings. The summed E-state index contributed by atoms with van der Waals surface area (Å²) in [6.07, 6.45) is 7.39. The molecule has 1 aliphatic heterocycles. The molecule has 0 spiro atoms. The Morgan fingerprint density at radius 3 is 3.33 bits per heavy atom. The smallest absolute Gasteiger partial charge is 0.0794 e. The van der Waals surface area contributed by atoms with E-state index >= 15 is 0 Å². The zero-order chi connectivity index (χ0) is 10.3. The molecule has 1 aromatic heterocycles. The van der Waals surface area contributed by atoms with Gasteiger partial charge in [-0.1, -0.05) is 0 Å². The largest absolute Gasteiger partial charge is 0.378 e. The molecule has 0 radical (unpaired) electrons. The molecule has 1 N–H and O–H groups in total. The quantitative estimate of drug-likeness (QED) is 0.755. The van der Waals surface area contributed by atoms with Crippen LogP contribution in [0.15, 0.2) is 11.7 Å². The van der Waals surface area contributed by atoms with Gasteiger partial charge in [-0.15, -0.1) is 11.3 Å². The Balaban J connectivity index is 1.48. The van der Waals surface area contributed by atoms with Crippen LogP contribution >= 0.6 is 11.3 Å². The Hall–Kier alpha value is -0.450. The summed E-state index contributed by atoms with van der Waals surface area (Å²) in [6, 6.07) is 0. The summed E-state index contributed by atoms with van der Waals surface area (Å²) in [5.74, 6) is 0. The third-order valence-corrected chi connectivity index (χ3v) is 3.47. The molecule has 0 bridgehead atoms. The fraction of sp³-hybridized carbons (Fsp3) is 0.727.